The standard InChI is InChI=1S/C20H20F3N3O5S/c1-12(2)26(11-17-18(27)25-19(28)24-17)32(29,30)16-9-7-15(8-10-16)31-14-5-3-13(4-6-14)20(21,22)23/h3-10,12,27H,11H2,1-2H3,(H2,24,25,28). The van der Waals surface area contributed by atoms with Gasteiger partial charge in [-0.25, -0.2) is 13.2 Å². The molecule has 0 amide bonds. The summed E-state index contributed by atoms with van der Waals surface area (Å²) in [4.78, 5) is 15.7. The number of alkyl halides is 3. The highest BCUT2D eigenvalue weighted by Crippen LogP contribution is 2.32. The lowest BCUT2D eigenvalue weighted by Gasteiger charge is -2.25. The molecule has 0 aliphatic heterocycles. The van der Waals surface area contributed by atoms with Gasteiger partial charge in [0.15, 0.2) is 0 Å². The van der Waals surface area contributed by atoms with Crippen LogP contribution < -0.4 is 10.4 Å². The number of hydrogen-bond acceptors (Lipinski definition) is 5. The Morgan fingerprint density at radius 3 is 1.97 bits per heavy atom. The van der Waals surface area contributed by atoms with E-state index in [9.17, 15) is 31.5 Å². The summed E-state index contributed by atoms with van der Waals surface area (Å²) in [5.74, 6) is -0.0622. The van der Waals surface area contributed by atoms with Crippen molar-refractivity contribution in [1.82, 2.24) is 14.3 Å². The molecule has 0 spiro atoms. The monoisotopic (exact) mass is 471 g/mol. The molecule has 8 nitrogen and oxygen atoms in total. The van der Waals surface area contributed by atoms with Crippen molar-refractivity contribution in [3.8, 4) is 17.4 Å². The Labute approximate surface area is 181 Å². The molecule has 3 N–H and O–H groups in total. The summed E-state index contributed by atoms with van der Waals surface area (Å²) in [6.07, 6.45) is -4.46. The Morgan fingerprint density at radius 2 is 1.53 bits per heavy atom. The summed E-state index contributed by atoms with van der Waals surface area (Å²) in [6, 6.07) is 8.94. The molecule has 0 saturated heterocycles. The van der Waals surface area contributed by atoms with Crippen LogP contribution in [-0.4, -0.2) is 33.8 Å². The average Bonchev–Trinajstić information content (AvgIpc) is 3.02. The van der Waals surface area contributed by atoms with Crippen molar-refractivity contribution in [2.24, 2.45) is 0 Å². The Morgan fingerprint density at radius 1 is 1.00 bits per heavy atom. The maximum Gasteiger partial charge on any atom is 0.416 e. The van der Waals surface area contributed by atoms with Crippen molar-refractivity contribution in [2.75, 3.05) is 0 Å². The van der Waals surface area contributed by atoms with Gasteiger partial charge >= 0.3 is 11.9 Å². The molecule has 32 heavy (non-hydrogen) atoms. The zero-order valence-electron chi connectivity index (χ0n) is 17.0. The van der Waals surface area contributed by atoms with Gasteiger partial charge < -0.3 is 14.8 Å². The molecule has 1 heterocycles. The molecule has 0 radical (unpaired) electrons. The number of imidazole rings is 1. The second-order valence-corrected chi connectivity index (χ2v) is 9.04. The van der Waals surface area contributed by atoms with E-state index < -0.39 is 39.4 Å². The summed E-state index contributed by atoms with van der Waals surface area (Å²) < 4.78 is 70.7. The average molecular weight is 471 g/mol. The first-order valence-corrected chi connectivity index (χ1v) is 10.8. The van der Waals surface area contributed by atoms with Crippen LogP contribution in [-0.2, 0) is 22.7 Å². The van der Waals surface area contributed by atoms with Crippen LogP contribution in [0.15, 0.2) is 58.2 Å². The third kappa shape index (κ3) is 5.14. The predicted octanol–water partition coefficient (Wildman–Crippen LogP) is 3.82. The largest absolute Gasteiger partial charge is 0.493 e. The first kappa shape index (κ1) is 23.4. The molecular weight excluding hydrogens is 451 g/mol. The third-order valence-electron chi connectivity index (χ3n) is 4.52. The summed E-state index contributed by atoms with van der Waals surface area (Å²) >= 11 is 0. The zero-order valence-corrected chi connectivity index (χ0v) is 17.8. The minimum Gasteiger partial charge on any atom is -0.493 e. The van der Waals surface area contributed by atoms with Crippen molar-refractivity contribution in [2.45, 2.75) is 37.5 Å². The van der Waals surface area contributed by atoms with Crippen LogP contribution in [0.5, 0.6) is 17.4 Å². The molecule has 0 aliphatic carbocycles. The highest BCUT2D eigenvalue weighted by atomic mass is 32.2. The van der Waals surface area contributed by atoms with Crippen molar-refractivity contribution in [3.63, 3.8) is 0 Å². The lowest BCUT2D eigenvalue weighted by molar-refractivity contribution is -0.137. The van der Waals surface area contributed by atoms with E-state index in [0.29, 0.717) is 0 Å². The number of aromatic nitrogens is 2. The lowest BCUT2D eigenvalue weighted by atomic mass is 10.2. The molecule has 0 atom stereocenters. The molecule has 0 aliphatic rings. The fraction of sp³-hybridized carbons (Fsp3) is 0.250. The summed E-state index contributed by atoms with van der Waals surface area (Å²) in [6.45, 7) is 3.01. The van der Waals surface area contributed by atoms with Gasteiger partial charge in [-0.05, 0) is 62.4 Å². The Balaban J connectivity index is 1.79. The van der Waals surface area contributed by atoms with Crippen molar-refractivity contribution < 1.29 is 31.4 Å². The number of H-pyrrole nitrogens is 2. The van der Waals surface area contributed by atoms with Crippen LogP contribution in [0.1, 0.15) is 25.1 Å². The van der Waals surface area contributed by atoms with Crippen LogP contribution in [0.2, 0.25) is 0 Å². The number of nitrogens with zero attached hydrogens (tertiary/aromatic N) is 1. The van der Waals surface area contributed by atoms with Crippen LogP contribution in [0.4, 0.5) is 13.2 Å². The van der Waals surface area contributed by atoms with Crippen LogP contribution >= 0.6 is 0 Å². The van der Waals surface area contributed by atoms with Crippen LogP contribution in [0, 0.1) is 0 Å². The van der Waals surface area contributed by atoms with E-state index in [1.165, 1.54) is 24.3 Å². The van der Waals surface area contributed by atoms with Gasteiger partial charge in [-0.1, -0.05) is 0 Å². The molecule has 0 unspecified atom stereocenters. The number of ether oxygens (including phenoxy) is 1. The van der Waals surface area contributed by atoms with Crippen molar-refractivity contribution >= 4 is 10.0 Å². The first-order chi connectivity index (χ1) is 14.9. The molecule has 172 valence electrons. The van der Waals surface area contributed by atoms with Crippen LogP contribution in [0.25, 0.3) is 0 Å². The summed E-state index contributed by atoms with van der Waals surface area (Å²) in [5, 5.41) is 9.75. The third-order valence-corrected chi connectivity index (χ3v) is 6.56. The Kier molecular flexibility index (Phi) is 6.37. The van der Waals surface area contributed by atoms with Crippen molar-refractivity contribution in [3.05, 3.63) is 70.3 Å². The number of aromatic amines is 2. The van der Waals surface area contributed by atoms with Crippen LogP contribution in [0.3, 0.4) is 0 Å². The second-order valence-electron chi connectivity index (χ2n) is 7.15. The van der Waals surface area contributed by atoms with E-state index in [0.717, 1.165) is 28.6 Å². The molecular formula is C20H20F3N3O5S. The second kappa shape index (κ2) is 8.71. The molecule has 0 bridgehead atoms. The normalized spacial score (nSPS) is 12.5. The van der Waals surface area contributed by atoms with Gasteiger partial charge in [0.25, 0.3) is 0 Å². The van der Waals surface area contributed by atoms with E-state index in [1.54, 1.807) is 13.8 Å². The maximum absolute atomic E-state index is 13.1. The van der Waals surface area contributed by atoms with E-state index in [2.05, 4.69) is 9.97 Å². The molecule has 3 aromatic rings. The highest BCUT2D eigenvalue weighted by Gasteiger charge is 2.30. The smallest absolute Gasteiger partial charge is 0.416 e. The maximum atomic E-state index is 13.1. The van der Waals surface area contributed by atoms with Gasteiger partial charge in [-0.15, -0.1) is 0 Å². The van der Waals surface area contributed by atoms with Gasteiger partial charge in [0, 0.05) is 6.04 Å². The topological polar surface area (TPSA) is 115 Å². The minimum absolute atomic E-state index is 0.0227. The van der Waals surface area contributed by atoms with Gasteiger partial charge in [-0.3, -0.25) is 4.98 Å². The molecule has 1 aromatic heterocycles. The number of halogens is 3. The molecule has 0 fully saturated rings. The number of sulfonamides is 1. The molecule has 0 saturated carbocycles. The van der Waals surface area contributed by atoms with Gasteiger partial charge in [0.05, 0.1) is 22.7 Å². The van der Waals surface area contributed by atoms with Crippen molar-refractivity contribution in [1.29, 1.82) is 0 Å². The number of hydrogen-bond donors (Lipinski definition) is 3. The van der Waals surface area contributed by atoms with Gasteiger partial charge in [-0.2, -0.15) is 17.5 Å². The molecule has 2 aromatic carbocycles. The van der Waals surface area contributed by atoms with E-state index in [-0.39, 0.29) is 28.6 Å². The predicted molar refractivity (Wildman–Crippen MR) is 109 cm³/mol. The van der Waals surface area contributed by atoms with Gasteiger partial charge in [0.1, 0.15) is 11.5 Å². The first-order valence-electron chi connectivity index (χ1n) is 9.35. The fourth-order valence-corrected chi connectivity index (χ4v) is 4.49. The van der Waals surface area contributed by atoms with E-state index >= 15 is 0 Å². The zero-order chi connectivity index (χ0) is 23.7. The number of rotatable bonds is 7. The molecule has 3 rings (SSSR count). The summed E-state index contributed by atoms with van der Waals surface area (Å²) in [7, 11) is -4.01. The minimum atomic E-state index is -4.46. The number of aromatic hydroxyl groups is 1. The SMILES string of the molecule is CC(C)N(Cc1[nH]c(=O)[nH]c1O)S(=O)(=O)c1ccc(Oc2ccc(C(F)(F)F)cc2)cc1. The Hall–Kier alpha value is -3.25. The lowest BCUT2D eigenvalue weighted by Crippen LogP contribution is -2.36. The fourth-order valence-electron chi connectivity index (χ4n) is 2.89. The molecule has 12 heteroatoms. The highest BCUT2D eigenvalue weighted by molar-refractivity contribution is 7.89. The van der Waals surface area contributed by atoms with E-state index in [1.807, 2.05) is 0 Å². The number of nitrogens with one attached hydrogen (secondary N) is 2. The van der Waals surface area contributed by atoms with E-state index in [4.69, 9.17) is 4.74 Å². The quantitative estimate of drug-likeness (QED) is 0.485. The summed E-state index contributed by atoms with van der Waals surface area (Å²) in [5.41, 5.74) is -1.45. The number of benzene rings is 2. The van der Waals surface area contributed by atoms with Gasteiger partial charge in [0.2, 0.25) is 15.9 Å². The Bertz CT molecular complexity index is 1230.